The molecular weight excluding hydrogens is 356 g/mol. The zero-order chi connectivity index (χ0) is 20.1. The highest BCUT2D eigenvalue weighted by molar-refractivity contribution is 5.89. The van der Waals surface area contributed by atoms with Gasteiger partial charge in [0, 0.05) is 26.1 Å². The van der Waals surface area contributed by atoms with Crippen LogP contribution >= 0.6 is 0 Å². The molecule has 28 heavy (non-hydrogen) atoms. The summed E-state index contributed by atoms with van der Waals surface area (Å²) in [6, 6.07) is 14.7. The largest absolute Gasteiger partial charge is 0.478 e. The van der Waals surface area contributed by atoms with Crippen LogP contribution in [0.3, 0.4) is 0 Å². The molecule has 1 aliphatic heterocycles. The summed E-state index contributed by atoms with van der Waals surface area (Å²) < 4.78 is 0. The summed E-state index contributed by atoms with van der Waals surface area (Å²) in [7, 11) is 0. The maximum Gasteiger partial charge on any atom is 0.335 e. The molecule has 6 nitrogen and oxygen atoms in total. The molecule has 0 bridgehead atoms. The van der Waals surface area contributed by atoms with Gasteiger partial charge < -0.3 is 15.3 Å². The van der Waals surface area contributed by atoms with Gasteiger partial charge in [-0.15, -0.1) is 0 Å². The number of rotatable bonds is 7. The van der Waals surface area contributed by atoms with Gasteiger partial charge in [-0.2, -0.15) is 0 Å². The van der Waals surface area contributed by atoms with Crippen molar-refractivity contribution in [3.8, 4) is 0 Å². The van der Waals surface area contributed by atoms with Crippen molar-refractivity contribution in [3.05, 3.63) is 70.8 Å². The van der Waals surface area contributed by atoms with Crippen LogP contribution in [-0.4, -0.2) is 40.9 Å². The average molecular weight is 380 g/mol. The standard InChI is InChI=1S/C22H24N2O4/c1-15-5-7-17(8-6-15)13-24-14-19(12-20(24)25)21(26)23-10-9-16-3-2-4-18(11-16)22(27)28/h2-8,11,19H,9-10,12-14H2,1H3,(H,23,26)(H,27,28). The molecule has 0 radical (unpaired) electrons. The lowest BCUT2D eigenvalue weighted by molar-refractivity contribution is -0.129. The van der Waals surface area contributed by atoms with E-state index < -0.39 is 5.97 Å². The van der Waals surface area contributed by atoms with Crippen molar-refractivity contribution in [2.45, 2.75) is 26.3 Å². The summed E-state index contributed by atoms with van der Waals surface area (Å²) in [5, 5.41) is 11.9. The second-order valence-electron chi connectivity index (χ2n) is 7.21. The van der Waals surface area contributed by atoms with Crippen LogP contribution in [0.4, 0.5) is 0 Å². The van der Waals surface area contributed by atoms with Gasteiger partial charge in [0.1, 0.15) is 0 Å². The number of nitrogens with zero attached hydrogens (tertiary/aromatic N) is 1. The Morgan fingerprint density at radius 3 is 2.61 bits per heavy atom. The minimum absolute atomic E-state index is 0.00474. The van der Waals surface area contributed by atoms with E-state index in [1.165, 1.54) is 11.6 Å². The number of carboxylic acid groups (broad SMARTS) is 1. The molecule has 1 atom stereocenters. The number of carbonyl (C=O) groups excluding carboxylic acids is 2. The molecule has 2 aromatic carbocycles. The van der Waals surface area contributed by atoms with E-state index in [0.29, 0.717) is 26.1 Å². The third-order valence-corrected chi connectivity index (χ3v) is 4.97. The van der Waals surface area contributed by atoms with E-state index >= 15 is 0 Å². The number of carboxylic acids is 1. The van der Waals surface area contributed by atoms with Crippen molar-refractivity contribution in [3.63, 3.8) is 0 Å². The van der Waals surface area contributed by atoms with Crippen molar-refractivity contribution >= 4 is 17.8 Å². The van der Waals surface area contributed by atoms with Crippen molar-refractivity contribution in [1.82, 2.24) is 10.2 Å². The highest BCUT2D eigenvalue weighted by Crippen LogP contribution is 2.20. The van der Waals surface area contributed by atoms with Crippen LogP contribution in [0.2, 0.25) is 0 Å². The molecule has 0 spiro atoms. The van der Waals surface area contributed by atoms with E-state index in [9.17, 15) is 14.4 Å². The molecule has 2 aromatic rings. The fraction of sp³-hybridized carbons (Fsp3) is 0.318. The Labute approximate surface area is 164 Å². The Morgan fingerprint density at radius 1 is 1.14 bits per heavy atom. The first-order chi connectivity index (χ1) is 13.4. The van der Waals surface area contributed by atoms with E-state index in [1.807, 2.05) is 37.3 Å². The molecule has 3 rings (SSSR count). The summed E-state index contributed by atoms with van der Waals surface area (Å²) in [5.41, 5.74) is 3.31. The summed E-state index contributed by atoms with van der Waals surface area (Å²) in [6.45, 7) is 3.37. The minimum Gasteiger partial charge on any atom is -0.478 e. The van der Waals surface area contributed by atoms with Crippen molar-refractivity contribution < 1.29 is 19.5 Å². The zero-order valence-corrected chi connectivity index (χ0v) is 15.9. The number of hydrogen-bond acceptors (Lipinski definition) is 3. The van der Waals surface area contributed by atoms with Gasteiger partial charge in [0.15, 0.2) is 0 Å². The summed E-state index contributed by atoms with van der Waals surface area (Å²) in [4.78, 5) is 37.4. The number of nitrogens with one attached hydrogen (secondary N) is 1. The van der Waals surface area contributed by atoms with Gasteiger partial charge in [-0.3, -0.25) is 9.59 Å². The molecule has 0 aliphatic carbocycles. The first kappa shape index (κ1) is 19.6. The molecule has 1 saturated heterocycles. The molecule has 1 heterocycles. The first-order valence-corrected chi connectivity index (χ1v) is 9.35. The Hall–Kier alpha value is -3.15. The summed E-state index contributed by atoms with van der Waals surface area (Å²) in [6.07, 6.45) is 0.771. The lowest BCUT2D eigenvalue weighted by Gasteiger charge is -2.17. The third kappa shape index (κ3) is 4.97. The summed E-state index contributed by atoms with van der Waals surface area (Å²) >= 11 is 0. The number of aromatic carboxylic acids is 1. The fourth-order valence-electron chi connectivity index (χ4n) is 3.35. The highest BCUT2D eigenvalue weighted by atomic mass is 16.4. The Kier molecular flexibility index (Phi) is 6.09. The predicted octanol–water partition coefficient (Wildman–Crippen LogP) is 2.40. The number of hydrogen-bond donors (Lipinski definition) is 2. The van der Waals surface area contributed by atoms with E-state index in [1.54, 1.807) is 17.0 Å². The molecule has 1 unspecified atom stereocenters. The smallest absolute Gasteiger partial charge is 0.335 e. The van der Waals surface area contributed by atoms with E-state index in [4.69, 9.17) is 5.11 Å². The lowest BCUT2D eigenvalue weighted by atomic mass is 10.1. The quantitative estimate of drug-likeness (QED) is 0.772. The minimum atomic E-state index is -0.968. The van der Waals surface area contributed by atoms with Gasteiger partial charge >= 0.3 is 5.97 Å². The van der Waals surface area contributed by atoms with Crippen molar-refractivity contribution in [2.75, 3.05) is 13.1 Å². The predicted molar refractivity (Wildman–Crippen MR) is 105 cm³/mol. The maximum atomic E-state index is 12.4. The van der Waals surface area contributed by atoms with Crippen molar-refractivity contribution in [1.29, 1.82) is 0 Å². The van der Waals surface area contributed by atoms with Gasteiger partial charge in [0.05, 0.1) is 11.5 Å². The van der Waals surface area contributed by atoms with Gasteiger partial charge in [-0.05, 0) is 36.6 Å². The Morgan fingerprint density at radius 2 is 1.89 bits per heavy atom. The number of aryl methyl sites for hydroxylation is 1. The molecule has 146 valence electrons. The SMILES string of the molecule is Cc1ccc(CN2CC(C(=O)NCCc3cccc(C(=O)O)c3)CC2=O)cc1. The molecule has 0 aromatic heterocycles. The number of carbonyl (C=O) groups is 3. The van der Waals surface area contributed by atoms with Gasteiger partial charge in [-0.1, -0.05) is 42.0 Å². The summed E-state index contributed by atoms with van der Waals surface area (Å²) in [5.74, 6) is -1.45. The third-order valence-electron chi connectivity index (χ3n) is 4.97. The topological polar surface area (TPSA) is 86.7 Å². The first-order valence-electron chi connectivity index (χ1n) is 9.35. The van der Waals surface area contributed by atoms with Gasteiger partial charge in [0.2, 0.25) is 11.8 Å². The van der Waals surface area contributed by atoms with Crippen LogP contribution in [0.5, 0.6) is 0 Å². The van der Waals surface area contributed by atoms with E-state index in [0.717, 1.165) is 11.1 Å². The second-order valence-corrected chi connectivity index (χ2v) is 7.21. The number of amides is 2. The fourth-order valence-corrected chi connectivity index (χ4v) is 3.35. The van der Waals surface area contributed by atoms with Crippen LogP contribution in [-0.2, 0) is 22.6 Å². The number of benzene rings is 2. The Balaban J connectivity index is 1.48. The lowest BCUT2D eigenvalue weighted by Crippen LogP contribution is -2.34. The highest BCUT2D eigenvalue weighted by Gasteiger charge is 2.33. The van der Waals surface area contributed by atoms with Crippen LogP contribution in [0.25, 0.3) is 0 Å². The zero-order valence-electron chi connectivity index (χ0n) is 15.9. The van der Waals surface area contributed by atoms with Crippen LogP contribution in [0, 0.1) is 12.8 Å². The molecule has 0 saturated carbocycles. The molecule has 1 aliphatic rings. The maximum absolute atomic E-state index is 12.4. The molecular formula is C22H24N2O4. The van der Waals surface area contributed by atoms with Gasteiger partial charge in [0.25, 0.3) is 0 Å². The van der Waals surface area contributed by atoms with Crippen molar-refractivity contribution in [2.24, 2.45) is 5.92 Å². The second kappa shape index (κ2) is 8.69. The monoisotopic (exact) mass is 380 g/mol. The molecule has 1 fully saturated rings. The Bertz CT molecular complexity index is 876. The molecule has 2 amide bonds. The van der Waals surface area contributed by atoms with E-state index in [-0.39, 0.29) is 29.7 Å². The van der Waals surface area contributed by atoms with Crippen LogP contribution in [0.15, 0.2) is 48.5 Å². The molecule has 6 heteroatoms. The average Bonchev–Trinajstić information content (AvgIpc) is 3.04. The normalized spacial score (nSPS) is 16.2. The van der Waals surface area contributed by atoms with E-state index in [2.05, 4.69) is 5.32 Å². The van der Waals surface area contributed by atoms with Crippen LogP contribution in [0.1, 0.15) is 33.5 Å². The molecule has 2 N–H and O–H groups in total. The van der Waals surface area contributed by atoms with Crippen LogP contribution < -0.4 is 5.32 Å². The van der Waals surface area contributed by atoms with Gasteiger partial charge in [-0.25, -0.2) is 4.79 Å². The number of likely N-dealkylation sites (tertiary alicyclic amines) is 1.